The number of rotatable bonds is 8. The Hall–Kier alpha value is -1.28. The van der Waals surface area contributed by atoms with Gasteiger partial charge in [-0.3, -0.25) is 0 Å². The standard InChI is InChI=1S/C21H34O2/c1-8-17(14-20(22)9-2)18-11-10-12-19(13-18)21(7,15(3)4)23-16(5)6/h9-13,15-17,22H,8,14H2,1-7H3/b20-9+/t17-,21?/m0/s1. The van der Waals surface area contributed by atoms with Crippen LogP contribution in [0.15, 0.2) is 36.1 Å². The van der Waals surface area contributed by atoms with E-state index in [1.165, 1.54) is 11.1 Å². The van der Waals surface area contributed by atoms with E-state index in [4.69, 9.17) is 4.74 Å². The molecule has 2 heteroatoms. The van der Waals surface area contributed by atoms with Crippen molar-refractivity contribution in [3.8, 4) is 0 Å². The molecule has 0 aliphatic rings. The smallest absolute Gasteiger partial charge is 0.0929 e. The van der Waals surface area contributed by atoms with E-state index in [0.717, 1.165) is 6.42 Å². The Morgan fingerprint density at radius 3 is 2.39 bits per heavy atom. The zero-order valence-corrected chi connectivity index (χ0v) is 15.9. The topological polar surface area (TPSA) is 29.5 Å². The average molecular weight is 319 g/mol. The lowest BCUT2D eigenvalue weighted by Gasteiger charge is -2.37. The molecular weight excluding hydrogens is 284 g/mol. The van der Waals surface area contributed by atoms with Crippen LogP contribution in [0, 0.1) is 5.92 Å². The van der Waals surface area contributed by atoms with E-state index in [0.29, 0.717) is 24.0 Å². The maximum Gasteiger partial charge on any atom is 0.0929 e. The Morgan fingerprint density at radius 1 is 1.26 bits per heavy atom. The summed E-state index contributed by atoms with van der Waals surface area (Å²) in [6, 6.07) is 8.70. The summed E-state index contributed by atoms with van der Waals surface area (Å²) in [5.41, 5.74) is 2.19. The average Bonchev–Trinajstić information content (AvgIpc) is 2.51. The molecule has 0 aliphatic carbocycles. The third kappa shape index (κ3) is 5.10. The Labute approximate surface area is 142 Å². The summed E-state index contributed by atoms with van der Waals surface area (Å²) in [5.74, 6) is 1.18. The zero-order valence-electron chi connectivity index (χ0n) is 15.9. The fraction of sp³-hybridized carbons (Fsp3) is 0.619. The maximum atomic E-state index is 9.89. The summed E-state index contributed by atoms with van der Waals surface area (Å²) in [6.45, 7) is 14.8. The van der Waals surface area contributed by atoms with Crippen molar-refractivity contribution >= 4 is 0 Å². The minimum atomic E-state index is -0.300. The summed E-state index contributed by atoms with van der Waals surface area (Å²) >= 11 is 0. The Bertz CT molecular complexity index is 516. The third-order valence-electron chi connectivity index (χ3n) is 4.80. The van der Waals surface area contributed by atoms with Crippen LogP contribution in [0.25, 0.3) is 0 Å². The first-order chi connectivity index (χ1) is 10.7. The highest BCUT2D eigenvalue weighted by atomic mass is 16.5. The van der Waals surface area contributed by atoms with Gasteiger partial charge in [0.1, 0.15) is 0 Å². The first-order valence-corrected chi connectivity index (χ1v) is 8.86. The monoisotopic (exact) mass is 318 g/mol. The van der Waals surface area contributed by atoms with Crippen molar-refractivity contribution in [1.29, 1.82) is 0 Å². The summed E-state index contributed by atoms with van der Waals surface area (Å²) in [4.78, 5) is 0. The Balaban J connectivity index is 3.19. The molecule has 130 valence electrons. The van der Waals surface area contributed by atoms with Gasteiger partial charge in [-0.2, -0.15) is 0 Å². The van der Waals surface area contributed by atoms with Crippen LogP contribution in [0.1, 0.15) is 78.4 Å². The van der Waals surface area contributed by atoms with Crippen molar-refractivity contribution in [2.75, 3.05) is 0 Å². The molecule has 1 N–H and O–H groups in total. The zero-order chi connectivity index (χ0) is 17.6. The van der Waals surface area contributed by atoms with E-state index < -0.39 is 0 Å². The molecule has 1 aromatic rings. The van der Waals surface area contributed by atoms with Gasteiger partial charge in [0.25, 0.3) is 0 Å². The van der Waals surface area contributed by atoms with Crippen LogP contribution in [-0.2, 0) is 10.3 Å². The van der Waals surface area contributed by atoms with Gasteiger partial charge in [-0.25, -0.2) is 0 Å². The lowest BCUT2D eigenvalue weighted by molar-refractivity contribution is -0.103. The molecule has 23 heavy (non-hydrogen) atoms. The highest BCUT2D eigenvalue weighted by molar-refractivity contribution is 5.31. The van der Waals surface area contributed by atoms with Crippen LogP contribution < -0.4 is 0 Å². The largest absolute Gasteiger partial charge is 0.513 e. The van der Waals surface area contributed by atoms with Crippen LogP contribution in [0.3, 0.4) is 0 Å². The normalized spacial score (nSPS) is 16.7. The van der Waals surface area contributed by atoms with Gasteiger partial charge in [-0.1, -0.05) is 45.0 Å². The van der Waals surface area contributed by atoms with Crippen LogP contribution in [0.5, 0.6) is 0 Å². The highest BCUT2D eigenvalue weighted by Gasteiger charge is 2.33. The van der Waals surface area contributed by atoms with Crippen molar-refractivity contribution in [3.05, 3.63) is 47.2 Å². The molecule has 0 radical (unpaired) electrons. The molecule has 1 unspecified atom stereocenters. The van der Waals surface area contributed by atoms with E-state index in [1.807, 2.05) is 6.92 Å². The third-order valence-corrected chi connectivity index (χ3v) is 4.80. The van der Waals surface area contributed by atoms with Crippen molar-refractivity contribution in [3.63, 3.8) is 0 Å². The lowest BCUT2D eigenvalue weighted by Crippen LogP contribution is -2.34. The van der Waals surface area contributed by atoms with Crippen molar-refractivity contribution in [2.45, 2.75) is 78.9 Å². The van der Waals surface area contributed by atoms with Crippen molar-refractivity contribution < 1.29 is 9.84 Å². The summed E-state index contributed by atoms with van der Waals surface area (Å²) in [6.07, 6.45) is 3.66. The van der Waals surface area contributed by atoms with Crippen LogP contribution in [0.2, 0.25) is 0 Å². The molecule has 2 atom stereocenters. The summed E-state index contributed by atoms with van der Waals surface area (Å²) in [7, 11) is 0. The van der Waals surface area contributed by atoms with Crippen LogP contribution in [0.4, 0.5) is 0 Å². The molecule has 0 spiro atoms. The van der Waals surface area contributed by atoms with Crippen LogP contribution >= 0.6 is 0 Å². The maximum absolute atomic E-state index is 9.89. The minimum Gasteiger partial charge on any atom is -0.513 e. The first-order valence-electron chi connectivity index (χ1n) is 8.86. The van der Waals surface area contributed by atoms with Gasteiger partial charge >= 0.3 is 0 Å². The van der Waals surface area contributed by atoms with Gasteiger partial charge in [0.2, 0.25) is 0 Å². The molecule has 0 saturated carbocycles. The van der Waals surface area contributed by atoms with Crippen LogP contribution in [-0.4, -0.2) is 11.2 Å². The predicted molar refractivity (Wildman–Crippen MR) is 98.9 cm³/mol. The molecule has 0 saturated heterocycles. The highest BCUT2D eigenvalue weighted by Crippen LogP contribution is 2.37. The molecule has 2 nitrogen and oxygen atoms in total. The second kappa shape index (κ2) is 8.54. The van der Waals surface area contributed by atoms with Gasteiger partial charge in [-0.15, -0.1) is 0 Å². The summed E-state index contributed by atoms with van der Waals surface area (Å²) < 4.78 is 6.30. The van der Waals surface area contributed by atoms with E-state index in [9.17, 15) is 5.11 Å². The van der Waals surface area contributed by atoms with Crippen molar-refractivity contribution in [2.24, 2.45) is 5.92 Å². The van der Waals surface area contributed by atoms with Gasteiger partial charge in [0, 0.05) is 6.42 Å². The van der Waals surface area contributed by atoms with Gasteiger partial charge in [0.15, 0.2) is 0 Å². The molecule has 0 amide bonds. The minimum absolute atomic E-state index is 0.181. The second-order valence-electron chi connectivity index (χ2n) is 7.14. The molecule has 0 bridgehead atoms. The molecule has 1 rings (SSSR count). The first kappa shape index (κ1) is 19.8. The van der Waals surface area contributed by atoms with E-state index in [-0.39, 0.29) is 11.7 Å². The number of allylic oxidation sites excluding steroid dienone is 2. The van der Waals surface area contributed by atoms with Gasteiger partial charge < -0.3 is 9.84 Å². The fourth-order valence-corrected chi connectivity index (χ4v) is 3.00. The van der Waals surface area contributed by atoms with Crippen molar-refractivity contribution in [1.82, 2.24) is 0 Å². The molecule has 0 aliphatic heterocycles. The fourth-order valence-electron chi connectivity index (χ4n) is 3.00. The second-order valence-corrected chi connectivity index (χ2v) is 7.14. The summed E-state index contributed by atoms with van der Waals surface area (Å²) in [5, 5.41) is 9.89. The molecule has 0 heterocycles. The number of benzene rings is 1. The number of aliphatic hydroxyl groups excluding tert-OH is 1. The molecular formula is C21H34O2. The number of ether oxygens (including phenoxy) is 1. The number of aliphatic hydroxyl groups is 1. The van der Waals surface area contributed by atoms with E-state index >= 15 is 0 Å². The SMILES string of the molecule is C/C=C(/O)C[C@H](CC)c1cccc(C(C)(OC(C)C)C(C)C)c1. The predicted octanol–water partition coefficient (Wildman–Crippen LogP) is 6.33. The Morgan fingerprint density at radius 2 is 1.91 bits per heavy atom. The van der Waals surface area contributed by atoms with E-state index in [1.54, 1.807) is 6.08 Å². The molecule has 0 fully saturated rings. The number of hydrogen-bond acceptors (Lipinski definition) is 2. The number of hydrogen-bond donors (Lipinski definition) is 1. The van der Waals surface area contributed by atoms with E-state index in [2.05, 4.69) is 65.8 Å². The molecule has 1 aromatic carbocycles. The van der Waals surface area contributed by atoms with Gasteiger partial charge in [0.05, 0.1) is 17.5 Å². The Kier molecular flexibility index (Phi) is 7.34. The molecule has 0 aromatic heterocycles. The lowest BCUT2D eigenvalue weighted by atomic mass is 9.82. The van der Waals surface area contributed by atoms with Gasteiger partial charge in [-0.05, 0) is 63.2 Å². The quantitative estimate of drug-likeness (QED) is 0.568.